The number of hydrogen-bond donors (Lipinski definition) is 2. The van der Waals surface area contributed by atoms with Gasteiger partial charge in [0, 0.05) is 0 Å². The Morgan fingerprint density at radius 1 is 1.11 bits per heavy atom. The van der Waals surface area contributed by atoms with E-state index in [-0.39, 0.29) is 34.2 Å². The van der Waals surface area contributed by atoms with Crippen molar-refractivity contribution in [1.29, 1.82) is 0 Å². The minimum absolute atomic E-state index is 0.0966. The van der Waals surface area contributed by atoms with Gasteiger partial charge in [0.25, 0.3) is 5.91 Å². The highest BCUT2D eigenvalue weighted by molar-refractivity contribution is 6.14. The smallest absolute Gasteiger partial charge is 0.416 e. The average molecular weight is 386 g/mol. The van der Waals surface area contributed by atoms with Crippen molar-refractivity contribution in [3.05, 3.63) is 64.5 Å². The molecular weight excluding hydrogens is 373 g/mol. The van der Waals surface area contributed by atoms with Crippen LogP contribution in [0.3, 0.4) is 0 Å². The van der Waals surface area contributed by atoms with Crippen molar-refractivity contribution in [1.82, 2.24) is 15.3 Å². The number of benzene rings is 1. The molecule has 3 heterocycles. The highest BCUT2D eigenvalue weighted by Gasteiger charge is 2.35. The van der Waals surface area contributed by atoms with E-state index in [1.54, 1.807) is 19.1 Å². The van der Waals surface area contributed by atoms with E-state index in [0.717, 1.165) is 6.07 Å². The van der Waals surface area contributed by atoms with Crippen LogP contribution in [0.1, 0.15) is 32.9 Å². The highest BCUT2D eigenvalue weighted by Crippen LogP contribution is 2.36. The van der Waals surface area contributed by atoms with Gasteiger partial charge in [0.15, 0.2) is 5.76 Å². The van der Waals surface area contributed by atoms with E-state index in [4.69, 9.17) is 10.2 Å². The quantitative estimate of drug-likeness (QED) is 0.697. The standard InChI is InChI=1S/C19H13F3N4O2/c1-9-6-7-13(28-9)16-14-15(25-18(23)26-16)12(24-17(14)27)8-10-4-2-3-5-11(10)19(20,21)22/h2-8H,1H3,(H,24,27)(H2,23,25,26)/b12-8+. The number of aryl methyl sites for hydroxylation is 1. The molecule has 0 fully saturated rings. The molecule has 9 heteroatoms. The fraction of sp³-hybridized carbons (Fsp3) is 0.105. The van der Waals surface area contributed by atoms with Gasteiger partial charge in [0.05, 0.1) is 16.8 Å². The number of carbonyl (C=O) groups is 1. The molecule has 0 spiro atoms. The molecule has 3 aromatic rings. The van der Waals surface area contributed by atoms with E-state index in [9.17, 15) is 18.0 Å². The summed E-state index contributed by atoms with van der Waals surface area (Å²) in [5, 5.41) is 2.55. The van der Waals surface area contributed by atoms with E-state index >= 15 is 0 Å². The molecule has 2 aromatic heterocycles. The lowest BCUT2D eigenvalue weighted by Gasteiger charge is -2.10. The van der Waals surface area contributed by atoms with Crippen molar-refractivity contribution in [2.24, 2.45) is 0 Å². The maximum absolute atomic E-state index is 13.3. The van der Waals surface area contributed by atoms with Crippen molar-refractivity contribution in [2.75, 3.05) is 5.73 Å². The molecule has 6 nitrogen and oxygen atoms in total. The molecule has 142 valence electrons. The summed E-state index contributed by atoms with van der Waals surface area (Å²) in [7, 11) is 0. The summed E-state index contributed by atoms with van der Waals surface area (Å²) in [5.41, 5.74) is 5.34. The first-order chi connectivity index (χ1) is 13.2. The first kappa shape index (κ1) is 17.8. The van der Waals surface area contributed by atoms with Crippen molar-refractivity contribution >= 4 is 23.6 Å². The third-order valence-corrected chi connectivity index (χ3v) is 4.20. The van der Waals surface area contributed by atoms with Gasteiger partial charge in [-0.1, -0.05) is 18.2 Å². The van der Waals surface area contributed by atoms with Gasteiger partial charge in [0.1, 0.15) is 17.1 Å². The number of rotatable bonds is 2. The Hall–Kier alpha value is -3.62. The highest BCUT2D eigenvalue weighted by atomic mass is 19.4. The number of alkyl halides is 3. The van der Waals surface area contributed by atoms with Crippen molar-refractivity contribution in [3.8, 4) is 11.5 Å². The second kappa shape index (κ2) is 6.22. The number of hydrogen-bond acceptors (Lipinski definition) is 5. The van der Waals surface area contributed by atoms with E-state index in [0.29, 0.717) is 11.5 Å². The van der Waals surface area contributed by atoms with Gasteiger partial charge in [-0.15, -0.1) is 0 Å². The molecule has 0 saturated heterocycles. The van der Waals surface area contributed by atoms with Crippen LogP contribution >= 0.6 is 0 Å². The molecule has 0 saturated carbocycles. The maximum atomic E-state index is 13.3. The van der Waals surface area contributed by atoms with Gasteiger partial charge in [-0.2, -0.15) is 13.2 Å². The average Bonchev–Trinajstić information content (AvgIpc) is 3.18. The van der Waals surface area contributed by atoms with Crippen LogP contribution in [0.5, 0.6) is 0 Å². The minimum Gasteiger partial charge on any atom is -0.460 e. The number of carbonyl (C=O) groups excluding carboxylic acids is 1. The van der Waals surface area contributed by atoms with E-state index in [2.05, 4.69) is 15.3 Å². The Balaban J connectivity index is 1.90. The second-order valence-electron chi connectivity index (χ2n) is 6.16. The van der Waals surface area contributed by atoms with Gasteiger partial charge in [-0.05, 0) is 36.8 Å². The van der Waals surface area contributed by atoms with Gasteiger partial charge in [0.2, 0.25) is 5.95 Å². The molecule has 3 N–H and O–H groups in total. The van der Waals surface area contributed by atoms with Crippen molar-refractivity contribution < 1.29 is 22.4 Å². The maximum Gasteiger partial charge on any atom is 0.416 e. The monoisotopic (exact) mass is 386 g/mol. The largest absolute Gasteiger partial charge is 0.460 e. The summed E-state index contributed by atoms with van der Waals surface area (Å²) in [6.45, 7) is 1.73. The van der Waals surface area contributed by atoms with Crippen molar-refractivity contribution in [3.63, 3.8) is 0 Å². The van der Waals surface area contributed by atoms with E-state index in [1.807, 2.05) is 0 Å². The number of nitrogen functional groups attached to an aromatic ring is 1. The zero-order valence-corrected chi connectivity index (χ0v) is 14.5. The molecule has 1 amide bonds. The summed E-state index contributed by atoms with van der Waals surface area (Å²) in [6, 6.07) is 8.37. The Kier molecular flexibility index (Phi) is 3.95. The molecule has 0 atom stereocenters. The SMILES string of the molecule is Cc1ccc(-c2nc(N)nc3c2C(=O)N/C3=C/c2ccccc2C(F)(F)F)o1. The molecule has 28 heavy (non-hydrogen) atoms. The first-order valence-electron chi connectivity index (χ1n) is 8.18. The van der Waals surface area contributed by atoms with Gasteiger partial charge in [-0.3, -0.25) is 4.79 Å². The van der Waals surface area contributed by atoms with Crippen LogP contribution in [0.4, 0.5) is 19.1 Å². The van der Waals surface area contributed by atoms with Gasteiger partial charge in [-0.25, -0.2) is 9.97 Å². The zero-order valence-electron chi connectivity index (χ0n) is 14.5. The van der Waals surface area contributed by atoms with E-state index in [1.165, 1.54) is 24.3 Å². The summed E-state index contributed by atoms with van der Waals surface area (Å²) in [6.07, 6.45) is -3.32. The third kappa shape index (κ3) is 3.00. The van der Waals surface area contributed by atoms with Crippen LogP contribution in [0.25, 0.3) is 23.2 Å². The van der Waals surface area contributed by atoms with E-state index < -0.39 is 17.6 Å². The predicted octanol–water partition coefficient (Wildman–Crippen LogP) is 3.89. The fourth-order valence-electron chi connectivity index (χ4n) is 3.01. The Bertz CT molecular complexity index is 1130. The number of halogens is 3. The molecule has 0 radical (unpaired) electrons. The second-order valence-corrected chi connectivity index (χ2v) is 6.16. The number of anilines is 1. The number of nitrogens with one attached hydrogen (secondary N) is 1. The summed E-state index contributed by atoms with van der Waals surface area (Å²) in [5.74, 6) is 0.244. The molecule has 0 bridgehead atoms. The topological polar surface area (TPSA) is 94.0 Å². The van der Waals surface area contributed by atoms with Crippen molar-refractivity contribution in [2.45, 2.75) is 13.1 Å². The summed E-state index contributed by atoms with van der Waals surface area (Å²) in [4.78, 5) is 20.7. The van der Waals surface area contributed by atoms with Crippen LogP contribution in [0, 0.1) is 6.92 Å². The van der Waals surface area contributed by atoms with Gasteiger partial charge < -0.3 is 15.5 Å². The Labute approximate surface area is 156 Å². The molecule has 1 aliphatic rings. The predicted molar refractivity (Wildman–Crippen MR) is 95.7 cm³/mol. The fourth-order valence-corrected chi connectivity index (χ4v) is 3.01. The first-order valence-corrected chi connectivity index (χ1v) is 8.18. The van der Waals surface area contributed by atoms with Crippen LogP contribution < -0.4 is 11.1 Å². The zero-order chi connectivity index (χ0) is 20.1. The van der Waals surface area contributed by atoms with Gasteiger partial charge >= 0.3 is 6.18 Å². The molecule has 4 rings (SSSR count). The number of fused-ring (bicyclic) bond motifs is 1. The summed E-state index contributed by atoms with van der Waals surface area (Å²) >= 11 is 0. The Morgan fingerprint density at radius 2 is 1.82 bits per heavy atom. The lowest BCUT2D eigenvalue weighted by molar-refractivity contribution is -0.137. The molecule has 1 aliphatic heterocycles. The number of nitrogens with two attached hydrogens (primary N) is 1. The summed E-state index contributed by atoms with van der Waals surface area (Å²) < 4.78 is 45.3. The number of nitrogens with zero attached hydrogens (tertiary/aromatic N) is 2. The molecular formula is C19H13F3N4O2. The molecule has 0 aliphatic carbocycles. The lowest BCUT2D eigenvalue weighted by Crippen LogP contribution is -2.13. The lowest BCUT2D eigenvalue weighted by atomic mass is 10.0. The number of aromatic nitrogens is 2. The van der Waals surface area contributed by atoms with Crippen LogP contribution in [0.2, 0.25) is 0 Å². The van der Waals surface area contributed by atoms with Crippen LogP contribution in [-0.2, 0) is 6.18 Å². The van der Waals surface area contributed by atoms with Crippen LogP contribution in [-0.4, -0.2) is 15.9 Å². The number of furan rings is 1. The molecule has 0 unspecified atom stereocenters. The third-order valence-electron chi connectivity index (χ3n) is 4.20. The number of amides is 1. The minimum atomic E-state index is -4.54. The molecule has 1 aromatic carbocycles. The van der Waals surface area contributed by atoms with Crippen LogP contribution in [0.15, 0.2) is 40.8 Å². The Morgan fingerprint density at radius 3 is 2.50 bits per heavy atom. The normalized spacial score (nSPS) is 15.0.